The van der Waals surface area contributed by atoms with E-state index < -0.39 is 17.9 Å². The van der Waals surface area contributed by atoms with Crippen LogP contribution in [0.25, 0.3) is 5.57 Å². The van der Waals surface area contributed by atoms with E-state index in [0.717, 1.165) is 21.5 Å². The quantitative estimate of drug-likeness (QED) is 0.759. The average molecular weight is 314 g/mol. The van der Waals surface area contributed by atoms with Gasteiger partial charge in [0.1, 0.15) is 8.07 Å². The number of sulfone groups is 1. The van der Waals surface area contributed by atoms with Gasteiger partial charge in [0.25, 0.3) is 0 Å². The molecule has 0 bridgehead atoms. The molecule has 0 unspecified atom stereocenters. The summed E-state index contributed by atoms with van der Waals surface area (Å²) >= 11 is 0. The van der Waals surface area contributed by atoms with Crippen molar-refractivity contribution in [3.63, 3.8) is 0 Å². The Labute approximate surface area is 127 Å². The Hall–Kier alpha value is -1.65. The molecule has 2 nitrogen and oxygen atoms in total. The number of hydrogen-bond donors (Lipinski definition) is 0. The van der Waals surface area contributed by atoms with Gasteiger partial charge < -0.3 is 0 Å². The van der Waals surface area contributed by atoms with Crippen LogP contribution in [0.2, 0.25) is 13.1 Å². The fraction of sp³-hybridized carbons (Fsp3) is 0.176. The van der Waals surface area contributed by atoms with Gasteiger partial charge in [-0.2, -0.15) is 0 Å². The van der Waals surface area contributed by atoms with Crippen LogP contribution in [0, 0.1) is 0 Å². The second-order valence-corrected chi connectivity index (χ2v) is 12.3. The maximum absolute atomic E-state index is 13.1. The van der Waals surface area contributed by atoms with E-state index in [9.17, 15) is 8.42 Å². The van der Waals surface area contributed by atoms with Crippen LogP contribution in [0.3, 0.4) is 0 Å². The van der Waals surface area contributed by atoms with Gasteiger partial charge in [-0.25, -0.2) is 8.42 Å². The van der Waals surface area contributed by atoms with Crippen molar-refractivity contribution in [2.45, 2.75) is 29.8 Å². The van der Waals surface area contributed by atoms with Gasteiger partial charge in [0.2, 0.25) is 9.84 Å². The predicted octanol–water partition coefficient (Wildman–Crippen LogP) is 2.69. The van der Waals surface area contributed by atoms with E-state index in [0.29, 0.717) is 9.79 Å². The first kappa shape index (κ1) is 14.3. The van der Waals surface area contributed by atoms with Crippen LogP contribution in [0.5, 0.6) is 0 Å². The molecule has 1 aliphatic heterocycles. The smallest absolute Gasteiger partial charge is 0.206 e. The highest BCUT2D eigenvalue weighted by molar-refractivity contribution is 7.92. The van der Waals surface area contributed by atoms with E-state index in [-0.39, 0.29) is 0 Å². The zero-order chi connectivity index (χ0) is 15.4. The average Bonchev–Trinajstić information content (AvgIpc) is 2.45. The molecule has 0 aromatic heterocycles. The van der Waals surface area contributed by atoms with Crippen LogP contribution in [0.15, 0.2) is 58.8 Å². The van der Waals surface area contributed by atoms with Gasteiger partial charge >= 0.3 is 0 Å². The summed E-state index contributed by atoms with van der Waals surface area (Å²) in [7, 11) is -5.49. The van der Waals surface area contributed by atoms with Crippen molar-refractivity contribution in [3.8, 4) is 0 Å². The summed E-state index contributed by atoms with van der Waals surface area (Å²) in [4.78, 5) is 0.954. The van der Waals surface area contributed by atoms with Gasteiger partial charge in [0.05, 0.1) is 9.79 Å². The third-order valence-electron chi connectivity index (χ3n) is 4.27. The molecule has 0 spiro atoms. The molecule has 0 fully saturated rings. The lowest BCUT2D eigenvalue weighted by atomic mass is 10.1. The zero-order valence-corrected chi connectivity index (χ0v) is 14.3. The zero-order valence-electron chi connectivity index (χ0n) is 12.5. The Bertz CT molecular complexity index is 864. The lowest BCUT2D eigenvalue weighted by Crippen LogP contribution is -2.59. The first-order chi connectivity index (χ1) is 9.78. The van der Waals surface area contributed by atoms with E-state index >= 15 is 0 Å². The summed E-state index contributed by atoms with van der Waals surface area (Å²) in [6.07, 6.45) is 0. The summed E-state index contributed by atoms with van der Waals surface area (Å²) < 4.78 is 26.2. The van der Waals surface area contributed by atoms with Crippen molar-refractivity contribution in [1.82, 2.24) is 0 Å². The van der Waals surface area contributed by atoms with Crippen LogP contribution >= 0.6 is 0 Å². The molecule has 2 aromatic rings. The second-order valence-electron chi connectivity index (χ2n) is 6.09. The van der Waals surface area contributed by atoms with Gasteiger partial charge in [-0.3, -0.25) is 0 Å². The Morgan fingerprint density at radius 1 is 1.00 bits per heavy atom. The maximum Gasteiger partial charge on any atom is 0.206 e. The molecule has 3 rings (SSSR count). The normalized spacial score (nSPS) is 17.7. The second kappa shape index (κ2) is 4.42. The summed E-state index contributed by atoms with van der Waals surface area (Å²) in [5, 5.41) is 1.98. The van der Waals surface area contributed by atoms with Crippen molar-refractivity contribution >= 4 is 33.9 Å². The molecule has 21 heavy (non-hydrogen) atoms. The highest BCUT2D eigenvalue weighted by atomic mass is 32.2. The SMILES string of the molecule is C=C(C)c1cccc2c1S(=O)(=O)c1ccccc1[Si]2(C)C. The monoisotopic (exact) mass is 314 g/mol. The lowest BCUT2D eigenvalue weighted by molar-refractivity contribution is 0.596. The van der Waals surface area contributed by atoms with Crippen LogP contribution in [-0.2, 0) is 9.84 Å². The first-order valence-corrected chi connectivity index (χ1v) is 11.4. The predicted molar refractivity (Wildman–Crippen MR) is 89.8 cm³/mol. The van der Waals surface area contributed by atoms with E-state index in [4.69, 9.17) is 0 Å². The number of fused-ring (bicyclic) bond motifs is 2. The van der Waals surface area contributed by atoms with Gasteiger partial charge in [0, 0.05) is 0 Å². The highest BCUT2D eigenvalue weighted by Crippen LogP contribution is 2.32. The van der Waals surface area contributed by atoms with Gasteiger partial charge in [-0.1, -0.05) is 56.1 Å². The minimum absolute atomic E-state index is 0.475. The molecule has 1 heterocycles. The molecule has 2 aromatic carbocycles. The lowest BCUT2D eigenvalue weighted by Gasteiger charge is -2.34. The Balaban J connectivity index is 2.52. The van der Waals surface area contributed by atoms with Gasteiger partial charge in [-0.05, 0) is 34.5 Å². The van der Waals surface area contributed by atoms with Gasteiger partial charge in [-0.15, -0.1) is 0 Å². The number of hydrogen-bond acceptors (Lipinski definition) is 2. The molecule has 4 heteroatoms. The van der Waals surface area contributed by atoms with E-state index in [1.54, 1.807) is 12.1 Å². The fourth-order valence-corrected chi connectivity index (χ4v) is 9.91. The third kappa shape index (κ3) is 1.86. The van der Waals surface area contributed by atoms with Crippen LogP contribution in [-0.4, -0.2) is 16.5 Å². The van der Waals surface area contributed by atoms with E-state index in [2.05, 4.69) is 19.7 Å². The Morgan fingerprint density at radius 2 is 1.62 bits per heavy atom. The molecule has 1 aliphatic rings. The van der Waals surface area contributed by atoms with E-state index in [1.807, 2.05) is 37.3 Å². The molecular formula is C17H18O2SSi. The summed E-state index contributed by atoms with van der Waals surface area (Å²) in [5.74, 6) is 0. The summed E-state index contributed by atoms with van der Waals surface area (Å²) in [5.41, 5.74) is 1.54. The fourth-order valence-electron chi connectivity index (χ4n) is 3.13. The molecule has 0 N–H and O–H groups in total. The number of rotatable bonds is 1. The molecule has 108 valence electrons. The first-order valence-electron chi connectivity index (χ1n) is 6.92. The molecule has 0 atom stereocenters. The van der Waals surface area contributed by atoms with Crippen molar-refractivity contribution in [3.05, 3.63) is 54.6 Å². The highest BCUT2D eigenvalue weighted by Gasteiger charge is 2.42. The molecule has 0 radical (unpaired) electrons. The topological polar surface area (TPSA) is 34.1 Å². The Kier molecular flexibility index (Phi) is 3.01. The van der Waals surface area contributed by atoms with Crippen LogP contribution < -0.4 is 10.4 Å². The molecule has 0 aliphatic carbocycles. The largest absolute Gasteiger partial charge is 0.219 e. The van der Waals surface area contributed by atoms with Crippen molar-refractivity contribution < 1.29 is 8.42 Å². The maximum atomic E-state index is 13.1. The van der Waals surface area contributed by atoms with E-state index in [1.165, 1.54) is 0 Å². The van der Waals surface area contributed by atoms with Crippen LogP contribution in [0.4, 0.5) is 0 Å². The summed E-state index contributed by atoms with van der Waals surface area (Å²) in [6, 6.07) is 13.2. The molecule has 0 amide bonds. The number of benzene rings is 2. The number of allylic oxidation sites excluding steroid dienone is 1. The van der Waals surface area contributed by atoms with Crippen LogP contribution in [0.1, 0.15) is 12.5 Å². The van der Waals surface area contributed by atoms with Crippen molar-refractivity contribution in [2.24, 2.45) is 0 Å². The molecular weight excluding hydrogens is 296 g/mol. The third-order valence-corrected chi connectivity index (χ3v) is 10.1. The van der Waals surface area contributed by atoms with Crippen molar-refractivity contribution in [1.29, 1.82) is 0 Å². The molecule has 0 saturated heterocycles. The minimum Gasteiger partial charge on any atom is -0.219 e. The molecule has 0 saturated carbocycles. The minimum atomic E-state index is -3.47. The standard InChI is InChI=1S/C17H18O2SSi/c1-12(2)13-8-7-11-16-17(13)20(18,19)14-9-5-6-10-15(14)21(16,3)4/h5-11H,1H2,2-4H3. The Morgan fingerprint density at radius 3 is 2.29 bits per heavy atom. The van der Waals surface area contributed by atoms with Crippen molar-refractivity contribution in [2.75, 3.05) is 0 Å². The van der Waals surface area contributed by atoms with Gasteiger partial charge in [0.15, 0.2) is 0 Å². The summed E-state index contributed by atoms with van der Waals surface area (Å²) in [6.45, 7) is 10.2.